The summed E-state index contributed by atoms with van der Waals surface area (Å²) >= 11 is 6.24. The van der Waals surface area contributed by atoms with Gasteiger partial charge in [-0.3, -0.25) is 4.68 Å². The van der Waals surface area contributed by atoms with Gasteiger partial charge < -0.3 is 9.84 Å². The molecule has 1 aliphatic carbocycles. The van der Waals surface area contributed by atoms with Crippen LogP contribution in [0, 0.1) is 0 Å². The molecule has 5 heteroatoms. The lowest BCUT2D eigenvalue weighted by Crippen LogP contribution is -2.45. The third-order valence-corrected chi connectivity index (χ3v) is 4.02. The summed E-state index contributed by atoms with van der Waals surface area (Å²) in [4.78, 5) is 0. The fraction of sp³-hybridized carbons (Fsp3) is 0.769. The van der Waals surface area contributed by atoms with E-state index in [0.29, 0.717) is 17.1 Å². The van der Waals surface area contributed by atoms with Crippen molar-refractivity contribution in [2.75, 3.05) is 7.11 Å². The molecule has 0 bridgehead atoms. The molecule has 2 rings (SSSR count). The summed E-state index contributed by atoms with van der Waals surface area (Å²) in [5.74, 6) is 0. The van der Waals surface area contributed by atoms with Crippen LogP contribution in [-0.2, 0) is 10.3 Å². The molecule has 4 nitrogen and oxygen atoms in total. The SMILES string of the molecule is COC1CCCCC1(O)c1c(Cl)cnn1C(C)C. The largest absolute Gasteiger partial charge is 0.381 e. The minimum Gasteiger partial charge on any atom is -0.381 e. The lowest BCUT2D eigenvalue weighted by Gasteiger charge is -2.39. The number of nitrogens with zero attached hydrogens (tertiary/aromatic N) is 2. The summed E-state index contributed by atoms with van der Waals surface area (Å²) in [5, 5.41) is 15.8. The van der Waals surface area contributed by atoms with Gasteiger partial charge >= 0.3 is 0 Å². The summed E-state index contributed by atoms with van der Waals surface area (Å²) in [7, 11) is 1.64. The van der Waals surface area contributed by atoms with Crippen molar-refractivity contribution in [3.05, 3.63) is 16.9 Å². The molecule has 2 unspecified atom stereocenters. The maximum atomic E-state index is 11.0. The summed E-state index contributed by atoms with van der Waals surface area (Å²) in [6.45, 7) is 4.06. The third kappa shape index (κ3) is 2.17. The first kappa shape index (κ1) is 13.8. The van der Waals surface area contributed by atoms with Crippen molar-refractivity contribution >= 4 is 11.6 Å². The normalized spacial score (nSPS) is 28.9. The zero-order valence-electron chi connectivity index (χ0n) is 11.2. The Balaban J connectivity index is 2.47. The Hall–Kier alpha value is -0.580. The fourth-order valence-corrected chi connectivity index (χ4v) is 3.14. The second kappa shape index (κ2) is 5.19. The van der Waals surface area contributed by atoms with E-state index in [1.165, 1.54) is 0 Å². The van der Waals surface area contributed by atoms with Gasteiger partial charge in [0.2, 0.25) is 0 Å². The van der Waals surface area contributed by atoms with E-state index in [1.807, 2.05) is 13.8 Å². The van der Waals surface area contributed by atoms with E-state index < -0.39 is 5.60 Å². The molecular formula is C13H21ClN2O2. The Morgan fingerprint density at radius 2 is 2.28 bits per heavy atom. The molecule has 0 saturated heterocycles. The van der Waals surface area contributed by atoms with E-state index in [1.54, 1.807) is 18.0 Å². The molecule has 0 aliphatic heterocycles. The van der Waals surface area contributed by atoms with E-state index in [4.69, 9.17) is 16.3 Å². The maximum absolute atomic E-state index is 11.0. The molecule has 1 saturated carbocycles. The van der Waals surface area contributed by atoms with Crippen LogP contribution < -0.4 is 0 Å². The van der Waals surface area contributed by atoms with Crippen LogP contribution in [0.2, 0.25) is 5.02 Å². The topological polar surface area (TPSA) is 47.3 Å². The van der Waals surface area contributed by atoms with Gasteiger partial charge in [0.1, 0.15) is 5.60 Å². The second-order valence-electron chi connectivity index (χ2n) is 5.27. The van der Waals surface area contributed by atoms with E-state index in [2.05, 4.69) is 5.10 Å². The molecule has 1 aromatic heterocycles. The van der Waals surface area contributed by atoms with E-state index in [0.717, 1.165) is 19.3 Å². The van der Waals surface area contributed by atoms with Crippen molar-refractivity contribution in [2.45, 2.75) is 57.3 Å². The van der Waals surface area contributed by atoms with Gasteiger partial charge in [-0.1, -0.05) is 18.0 Å². The van der Waals surface area contributed by atoms with Gasteiger partial charge in [0, 0.05) is 13.2 Å². The Morgan fingerprint density at radius 3 is 2.89 bits per heavy atom. The first-order valence-electron chi connectivity index (χ1n) is 6.49. The standard InChI is InChI=1S/C13H21ClN2O2/c1-9(2)16-12(10(14)8-15-16)13(17)7-5-4-6-11(13)18-3/h8-9,11,17H,4-7H2,1-3H3. The van der Waals surface area contributed by atoms with E-state index >= 15 is 0 Å². The summed E-state index contributed by atoms with van der Waals surface area (Å²) in [5.41, 5.74) is -0.323. The van der Waals surface area contributed by atoms with Crippen LogP contribution in [-0.4, -0.2) is 28.1 Å². The predicted molar refractivity (Wildman–Crippen MR) is 70.8 cm³/mol. The Kier molecular flexibility index (Phi) is 3.99. The number of rotatable bonds is 3. The van der Waals surface area contributed by atoms with Crippen LogP contribution in [0.4, 0.5) is 0 Å². The number of hydrogen-bond acceptors (Lipinski definition) is 3. The van der Waals surface area contributed by atoms with Gasteiger partial charge in [0.25, 0.3) is 0 Å². The molecule has 0 amide bonds. The molecular weight excluding hydrogens is 252 g/mol. The third-order valence-electron chi connectivity index (χ3n) is 3.74. The molecule has 2 atom stereocenters. The van der Waals surface area contributed by atoms with Gasteiger partial charge in [-0.05, 0) is 33.1 Å². The van der Waals surface area contributed by atoms with Crippen molar-refractivity contribution in [3.63, 3.8) is 0 Å². The zero-order chi connectivity index (χ0) is 13.3. The highest BCUT2D eigenvalue weighted by Crippen LogP contribution is 2.42. The number of hydrogen-bond donors (Lipinski definition) is 1. The minimum atomic E-state index is -1.02. The molecule has 102 valence electrons. The van der Waals surface area contributed by atoms with Crippen LogP contribution in [0.25, 0.3) is 0 Å². The highest BCUT2D eigenvalue weighted by Gasteiger charge is 2.45. The van der Waals surface area contributed by atoms with Gasteiger partial charge in [-0.2, -0.15) is 5.10 Å². The van der Waals surface area contributed by atoms with Crippen molar-refractivity contribution < 1.29 is 9.84 Å². The first-order chi connectivity index (χ1) is 8.50. The highest BCUT2D eigenvalue weighted by molar-refractivity contribution is 6.31. The predicted octanol–water partition coefficient (Wildman–Crippen LogP) is 2.89. The molecule has 0 aromatic carbocycles. The summed E-state index contributed by atoms with van der Waals surface area (Å²) in [6, 6.07) is 0.163. The van der Waals surface area contributed by atoms with Crippen LogP contribution in [0.5, 0.6) is 0 Å². The minimum absolute atomic E-state index is 0.163. The van der Waals surface area contributed by atoms with E-state index in [9.17, 15) is 5.11 Å². The smallest absolute Gasteiger partial charge is 0.134 e. The Bertz CT molecular complexity index is 419. The summed E-state index contributed by atoms with van der Waals surface area (Å²) < 4.78 is 7.28. The average Bonchev–Trinajstić information content (AvgIpc) is 2.72. The van der Waals surface area contributed by atoms with Crippen LogP contribution >= 0.6 is 11.6 Å². The molecule has 0 radical (unpaired) electrons. The lowest BCUT2D eigenvalue weighted by atomic mass is 9.79. The molecule has 1 heterocycles. The van der Waals surface area contributed by atoms with Gasteiger partial charge in [-0.25, -0.2) is 0 Å². The number of ether oxygens (including phenoxy) is 1. The Labute approximate surface area is 113 Å². The number of aromatic nitrogens is 2. The lowest BCUT2D eigenvalue weighted by molar-refractivity contribution is -0.127. The van der Waals surface area contributed by atoms with Gasteiger partial charge in [-0.15, -0.1) is 0 Å². The van der Waals surface area contributed by atoms with Crippen molar-refractivity contribution in [3.8, 4) is 0 Å². The number of halogens is 1. The molecule has 1 N–H and O–H groups in total. The maximum Gasteiger partial charge on any atom is 0.134 e. The van der Waals surface area contributed by atoms with Crippen LogP contribution in [0.3, 0.4) is 0 Å². The average molecular weight is 273 g/mol. The monoisotopic (exact) mass is 272 g/mol. The van der Waals surface area contributed by atoms with E-state index in [-0.39, 0.29) is 12.1 Å². The Morgan fingerprint density at radius 1 is 1.56 bits per heavy atom. The fourth-order valence-electron chi connectivity index (χ4n) is 2.85. The molecule has 1 aromatic rings. The quantitative estimate of drug-likeness (QED) is 0.920. The number of aliphatic hydroxyl groups is 1. The zero-order valence-corrected chi connectivity index (χ0v) is 11.9. The molecule has 18 heavy (non-hydrogen) atoms. The van der Waals surface area contributed by atoms with Gasteiger partial charge in [0.15, 0.2) is 0 Å². The highest BCUT2D eigenvalue weighted by atomic mass is 35.5. The first-order valence-corrected chi connectivity index (χ1v) is 6.87. The van der Waals surface area contributed by atoms with Crippen molar-refractivity contribution in [2.24, 2.45) is 0 Å². The summed E-state index contributed by atoms with van der Waals surface area (Å²) in [6.07, 6.45) is 4.98. The van der Waals surface area contributed by atoms with Crippen LogP contribution in [0.1, 0.15) is 51.3 Å². The molecule has 1 fully saturated rings. The van der Waals surface area contributed by atoms with Gasteiger partial charge in [0.05, 0.1) is 23.0 Å². The van der Waals surface area contributed by atoms with Crippen LogP contribution in [0.15, 0.2) is 6.20 Å². The molecule has 1 aliphatic rings. The number of methoxy groups -OCH3 is 1. The van der Waals surface area contributed by atoms with Crippen molar-refractivity contribution in [1.29, 1.82) is 0 Å². The second-order valence-corrected chi connectivity index (χ2v) is 5.68. The van der Waals surface area contributed by atoms with Crippen molar-refractivity contribution in [1.82, 2.24) is 9.78 Å². The molecule has 0 spiro atoms.